The van der Waals surface area contributed by atoms with E-state index in [1.54, 1.807) is 6.20 Å². The maximum atomic E-state index is 10.7. The monoisotopic (exact) mass is 201 g/mol. The van der Waals surface area contributed by atoms with Crippen LogP contribution >= 0.6 is 8.46 Å². The first-order chi connectivity index (χ1) is 6.90. The van der Waals surface area contributed by atoms with Crippen LogP contribution in [0.2, 0.25) is 0 Å². The maximum Gasteiger partial charge on any atom is 0.192 e. The summed E-state index contributed by atoms with van der Waals surface area (Å²) >= 11 is 0. The third-order valence-corrected chi connectivity index (χ3v) is 2.40. The molecule has 2 nitrogen and oxygen atoms in total. The molecular formula is C11H8NOP. The second-order valence-electron chi connectivity index (χ2n) is 2.86. The Morgan fingerprint density at radius 2 is 2.00 bits per heavy atom. The van der Waals surface area contributed by atoms with Crippen LogP contribution in [0.1, 0.15) is 0 Å². The molecule has 0 unspecified atom stereocenters. The zero-order valence-corrected chi connectivity index (χ0v) is 8.32. The van der Waals surface area contributed by atoms with E-state index in [1.165, 1.54) is 0 Å². The summed E-state index contributed by atoms with van der Waals surface area (Å²) in [6.45, 7) is 0. The molecule has 0 saturated carbocycles. The van der Waals surface area contributed by atoms with E-state index in [2.05, 4.69) is 4.98 Å². The Hall–Kier alpha value is -1.53. The van der Waals surface area contributed by atoms with Crippen molar-refractivity contribution in [3.63, 3.8) is 0 Å². The minimum atomic E-state index is 0.0467. The van der Waals surface area contributed by atoms with E-state index in [0.717, 1.165) is 16.6 Å². The van der Waals surface area contributed by atoms with Crippen LogP contribution in [0.4, 0.5) is 0 Å². The first-order valence-electron chi connectivity index (χ1n) is 4.25. The van der Waals surface area contributed by atoms with Crippen LogP contribution < -0.4 is 5.30 Å². The molecule has 0 amide bonds. The summed E-state index contributed by atoms with van der Waals surface area (Å²) in [5, 5.41) is 0.771. The molecule has 0 atom stereocenters. The molecule has 0 aliphatic rings. The predicted octanol–water partition coefficient (Wildman–Crippen LogP) is 2.67. The summed E-state index contributed by atoms with van der Waals surface area (Å²) in [7, 11) is 0.0467. The Kier molecular flexibility index (Phi) is 2.66. The van der Waals surface area contributed by atoms with Gasteiger partial charge in [0.25, 0.3) is 0 Å². The average Bonchev–Trinajstić information content (AvgIpc) is 2.30. The van der Waals surface area contributed by atoms with E-state index in [4.69, 9.17) is 0 Å². The fourth-order valence-corrected chi connectivity index (χ4v) is 1.59. The molecule has 0 saturated heterocycles. The molecule has 0 bridgehead atoms. The highest BCUT2D eigenvalue weighted by Gasteiger charge is 1.98. The van der Waals surface area contributed by atoms with Gasteiger partial charge in [0.1, 0.15) is 0 Å². The van der Waals surface area contributed by atoms with Crippen LogP contribution in [0, 0.1) is 0 Å². The number of aromatic nitrogens is 1. The lowest BCUT2D eigenvalue weighted by atomic mass is 10.1. The summed E-state index contributed by atoms with van der Waals surface area (Å²) in [5.41, 5.74) is 1.89. The van der Waals surface area contributed by atoms with Crippen LogP contribution in [0.3, 0.4) is 0 Å². The van der Waals surface area contributed by atoms with Gasteiger partial charge in [-0.25, -0.2) is 0 Å². The lowest BCUT2D eigenvalue weighted by Gasteiger charge is -1.99. The molecule has 1 aromatic carbocycles. The predicted molar refractivity (Wildman–Crippen MR) is 56.9 cm³/mol. The Morgan fingerprint density at radius 3 is 2.71 bits per heavy atom. The quantitative estimate of drug-likeness (QED) is 0.699. The molecule has 1 aromatic heterocycles. The van der Waals surface area contributed by atoms with E-state index in [0.29, 0.717) is 0 Å². The molecule has 0 radical (unpaired) electrons. The smallest absolute Gasteiger partial charge is 0.192 e. The summed E-state index contributed by atoms with van der Waals surface area (Å²) in [4.78, 5) is 4.22. The maximum absolute atomic E-state index is 10.7. The average molecular weight is 201 g/mol. The second-order valence-corrected chi connectivity index (χ2v) is 3.56. The number of pyridine rings is 1. The van der Waals surface area contributed by atoms with Gasteiger partial charge in [0.15, 0.2) is 8.46 Å². The van der Waals surface area contributed by atoms with Crippen molar-refractivity contribution in [1.82, 2.24) is 4.98 Å². The number of hydrogen-bond acceptors (Lipinski definition) is 2. The Balaban J connectivity index is 2.47. The molecule has 3 heteroatoms. The minimum absolute atomic E-state index is 0.0467. The minimum Gasteiger partial charge on any atom is -0.269 e. The van der Waals surface area contributed by atoms with E-state index in [1.807, 2.05) is 42.5 Å². The zero-order valence-electron chi connectivity index (χ0n) is 7.42. The lowest BCUT2D eigenvalue weighted by Crippen LogP contribution is -1.91. The molecule has 0 spiro atoms. The van der Waals surface area contributed by atoms with Crippen molar-refractivity contribution in [2.45, 2.75) is 0 Å². The molecular weight excluding hydrogens is 193 g/mol. The van der Waals surface area contributed by atoms with Gasteiger partial charge < -0.3 is 0 Å². The largest absolute Gasteiger partial charge is 0.269 e. The molecule has 68 valence electrons. The number of nitrogens with zero attached hydrogens (tertiary/aromatic N) is 1. The normalized spacial score (nSPS) is 10.3. The van der Waals surface area contributed by atoms with Crippen molar-refractivity contribution >= 4 is 13.8 Å². The lowest BCUT2D eigenvalue weighted by molar-refractivity contribution is 0.603. The second kappa shape index (κ2) is 4.12. The molecule has 0 N–H and O–H groups in total. The first kappa shape index (κ1) is 9.04. The van der Waals surface area contributed by atoms with Crippen molar-refractivity contribution in [2.24, 2.45) is 0 Å². The van der Waals surface area contributed by atoms with Gasteiger partial charge in [-0.15, -0.1) is 0 Å². The Morgan fingerprint density at radius 1 is 1.07 bits per heavy atom. The SMILES string of the molecule is O=Pc1cccc(-c2ccccn2)c1. The molecule has 14 heavy (non-hydrogen) atoms. The van der Waals surface area contributed by atoms with Gasteiger partial charge in [0, 0.05) is 17.1 Å². The van der Waals surface area contributed by atoms with Crippen molar-refractivity contribution in [3.05, 3.63) is 48.7 Å². The van der Waals surface area contributed by atoms with Crippen molar-refractivity contribution in [1.29, 1.82) is 0 Å². The van der Waals surface area contributed by atoms with Gasteiger partial charge in [-0.05, 0) is 24.3 Å². The summed E-state index contributed by atoms with van der Waals surface area (Å²) < 4.78 is 10.7. The highest BCUT2D eigenvalue weighted by molar-refractivity contribution is 7.34. The van der Waals surface area contributed by atoms with Crippen molar-refractivity contribution < 1.29 is 4.57 Å². The third-order valence-electron chi connectivity index (χ3n) is 1.91. The standard InChI is InChI=1S/C11H8NOP/c13-14-10-5-3-4-9(8-10)11-6-1-2-7-12-11/h1-8H. The van der Waals surface area contributed by atoms with E-state index in [9.17, 15) is 4.57 Å². The van der Waals surface area contributed by atoms with Gasteiger partial charge in [-0.2, -0.15) is 0 Å². The number of rotatable bonds is 2. The molecule has 2 rings (SSSR count). The van der Waals surface area contributed by atoms with Crippen LogP contribution in [0.5, 0.6) is 0 Å². The molecule has 2 aromatic rings. The topological polar surface area (TPSA) is 30.0 Å². The van der Waals surface area contributed by atoms with Gasteiger partial charge >= 0.3 is 0 Å². The molecule has 1 heterocycles. The van der Waals surface area contributed by atoms with Gasteiger partial charge in [-0.3, -0.25) is 9.55 Å². The summed E-state index contributed by atoms with van der Waals surface area (Å²) in [6, 6.07) is 13.3. The molecule has 0 aliphatic carbocycles. The van der Waals surface area contributed by atoms with Gasteiger partial charge in [0.2, 0.25) is 0 Å². The molecule has 0 fully saturated rings. The Bertz CT molecular complexity index is 442. The zero-order chi connectivity index (χ0) is 9.80. The van der Waals surface area contributed by atoms with Crippen LogP contribution in [-0.4, -0.2) is 4.98 Å². The first-order valence-corrected chi connectivity index (χ1v) is 5.06. The highest BCUT2D eigenvalue weighted by Crippen LogP contribution is 2.15. The van der Waals surface area contributed by atoms with Crippen LogP contribution in [-0.2, 0) is 4.57 Å². The number of benzene rings is 1. The van der Waals surface area contributed by atoms with Crippen molar-refractivity contribution in [2.75, 3.05) is 0 Å². The summed E-state index contributed by atoms with van der Waals surface area (Å²) in [5.74, 6) is 0. The fourth-order valence-electron chi connectivity index (χ4n) is 1.26. The fraction of sp³-hybridized carbons (Fsp3) is 0. The molecule has 0 aliphatic heterocycles. The van der Waals surface area contributed by atoms with E-state index in [-0.39, 0.29) is 8.46 Å². The van der Waals surface area contributed by atoms with E-state index < -0.39 is 0 Å². The van der Waals surface area contributed by atoms with Crippen LogP contribution in [0.15, 0.2) is 48.7 Å². The van der Waals surface area contributed by atoms with Gasteiger partial charge in [0.05, 0.1) is 5.69 Å². The third kappa shape index (κ3) is 1.86. The number of hydrogen-bond donors (Lipinski definition) is 0. The van der Waals surface area contributed by atoms with E-state index >= 15 is 0 Å². The van der Waals surface area contributed by atoms with Crippen molar-refractivity contribution in [3.8, 4) is 11.3 Å². The summed E-state index contributed by atoms with van der Waals surface area (Å²) in [6.07, 6.45) is 1.75. The van der Waals surface area contributed by atoms with Gasteiger partial charge in [-0.1, -0.05) is 18.2 Å². The highest BCUT2D eigenvalue weighted by atomic mass is 31.1. The van der Waals surface area contributed by atoms with Crippen LogP contribution in [0.25, 0.3) is 11.3 Å². The Labute approximate surface area is 83.8 Å².